The zero-order chi connectivity index (χ0) is 28.7. The van der Waals surface area contributed by atoms with Gasteiger partial charge in [-0.05, 0) is 63.2 Å². The lowest BCUT2D eigenvalue weighted by atomic mass is 9.86. The van der Waals surface area contributed by atoms with E-state index in [0.29, 0.717) is 25.7 Å². The highest BCUT2D eigenvalue weighted by molar-refractivity contribution is 6.75. The maximum Gasteiger partial charge on any atom is 0.358 e. The number of aliphatic hydroxyl groups excluding tert-OH is 1. The van der Waals surface area contributed by atoms with E-state index in [9.17, 15) is 14.7 Å². The van der Waals surface area contributed by atoms with Crippen LogP contribution >= 0.6 is 34.8 Å². The second kappa shape index (κ2) is 18.6. The predicted molar refractivity (Wildman–Crippen MR) is 154 cm³/mol. The molecular formula is C29H45Cl3O7. The van der Waals surface area contributed by atoms with Gasteiger partial charge in [0, 0.05) is 18.9 Å². The molecule has 39 heavy (non-hydrogen) atoms. The molecule has 224 valence electrons. The lowest BCUT2D eigenvalue weighted by Crippen LogP contribution is -2.28. The third-order valence-corrected chi connectivity index (χ3v) is 7.86. The molecule has 1 saturated heterocycles. The summed E-state index contributed by atoms with van der Waals surface area (Å²) in [6.45, 7) is 2.94. The minimum Gasteiger partial charge on any atom is -0.469 e. The minimum absolute atomic E-state index is 0.0469. The van der Waals surface area contributed by atoms with Gasteiger partial charge < -0.3 is 24.1 Å². The van der Waals surface area contributed by atoms with Crippen molar-refractivity contribution >= 4 is 46.7 Å². The van der Waals surface area contributed by atoms with Crippen molar-refractivity contribution in [1.29, 1.82) is 0 Å². The van der Waals surface area contributed by atoms with Crippen molar-refractivity contribution in [3.05, 3.63) is 24.3 Å². The molecule has 0 aromatic rings. The normalized spacial score (nSPS) is 26.8. The topological polar surface area (TPSA) is 91.3 Å². The van der Waals surface area contributed by atoms with Crippen molar-refractivity contribution in [2.45, 2.75) is 106 Å². The zero-order valence-electron chi connectivity index (χ0n) is 23.2. The number of carbonyl (C=O) groups is 2. The van der Waals surface area contributed by atoms with Crippen molar-refractivity contribution in [3.63, 3.8) is 0 Å². The second-order valence-corrected chi connectivity index (χ2v) is 12.7. The highest BCUT2D eigenvalue weighted by Crippen LogP contribution is 2.41. The number of rotatable bonds is 16. The number of hydrogen-bond donors (Lipinski definition) is 1. The first-order valence-electron chi connectivity index (χ1n) is 14.2. The summed E-state index contributed by atoms with van der Waals surface area (Å²) >= 11 is 17.1. The molecule has 1 N–H and O–H groups in total. The molecule has 7 nitrogen and oxygen atoms in total. The fourth-order valence-corrected chi connectivity index (χ4v) is 5.38. The van der Waals surface area contributed by atoms with E-state index in [4.69, 9.17) is 49.0 Å². The van der Waals surface area contributed by atoms with Crippen molar-refractivity contribution < 1.29 is 33.6 Å². The van der Waals surface area contributed by atoms with E-state index in [2.05, 4.69) is 23.8 Å². The largest absolute Gasteiger partial charge is 0.469 e. The van der Waals surface area contributed by atoms with Crippen LogP contribution in [0.5, 0.6) is 0 Å². The molecule has 1 aliphatic heterocycles. The van der Waals surface area contributed by atoms with Crippen molar-refractivity contribution in [2.75, 3.05) is 20.3 Å². The Bertz CT molecular complexity index is 777. The molecular weight excluding hydrogens is 567 g/mol. The number of alkyl halides is 3. The van der Waals surface area contributed by atoms with Crippen LogP contribution in [-0.2, 0) is 28.5 Å². The van der Waals surface area contributed by atoms with Gasteiger partial charge in [0.1, 0.15) is 0 Å². The smallest absolute Gasteiger partial charge is 0.358 e. The summed E-state index contributed by atoms with van der Waals surface area (Å²) in [5.74, 6) is -1.41. The summed E-state index contributed by atoms with van der Waals surface area (Å²) in [6.07, 6.45) is 17.6. The molecule has 0 radical (unpaired) electrons. The first-order valence-corrected chi connectivity index (χ1v) is 15.4. The number of aliphatic hydroxyl groups is 1. The highest BCUT2D eigenvalue weighted by Gasteiger charge is 2.42. The quantitative estimate of drug-likeness (QED) is 0.0883. The van der Waals surface area contributed by atoms with Gasteiger partial charge in [-0.25, -0.2) is 4.79 Å². The number of ether oxygens (including phenoxy) is 4. The van der Waals surface area contributed by atoms with Gasteiger partial charge in [0.15, 0.2) is 6.29 Å². The van der Waals surface area contributed by atoms with E-state index in [0.717, 1.165) is 58.0 Å². The van der Waals surface area contributed by atoms with Crippen molar-refractivity contribution in [3.8, 4) is 0 Å². The van der Waals surface area contributed by atoms with E-state index in [1.54, 1.807) is 0 Å². The average Bonchev–Trinajstić information content (AvgIpc) is 3.21. The summed E-state index contributed by atoms with van der Waals surface area (Å²) in [4.78, 5) is 23.4. The molecule has 6 atom stereocenters. The Labute approximate surface area is 248 Å². The predicted octanol–water partition coefficient (Wildman–Crippen LogP) is 6.85. The Kier molecular flexibility index (Phi) is 16.4. The van der Waals surface area contributed by atoms with Gasteiger partial charge >= 0.3 is 11.9 Å². The van der Waals surface area contributed by atoms with Gasteiger partial charge in [-0.3, -0.25) is 4.79 Å². The van der Waals surface area contributed by atoms with Gasteiger partial charge in [-0.1, -0.05) is 85.3 Å². The van der Waals surface area contributed by atoms with Crippen LogP contribution in [0.2, 0.25) is 0 Å². The van der Waals surface area contributed by atoms with Crippen LogP contribution < -0.4 is 0 Å². The van der Waals surface area contributed by atoms with Crippen LogP contribution in [0.4, 0.5) is 0 Å². The van der Waals surface area contributed by atoms with Gasteiger partial charge in [-0.2, -0.15) is 0 Å². The van der Waals surface area contributed by atoms with Gasteiger partial charge in [-0.15, -0.1) is 0 Å². The molecule has 2 rings (SSSR count). The molecule has 1 saturated carbocycles. The molecule has 1 heterocycles. The number of carbonyl (C=O) groups excluding carboxylic acids is 2. The molecule has 10 heteroatoms. The Hall–Kier alpha value is -0.830. The summed E-state index contributed by atoms with van der Waals surface area (Å²) in [5.41, 5.74) is 0. The summed E-state index contributed by atoms with van der Waals surface area (Å²) in [6, 6.07) is 0. The molecule has 1 aliphatic carbocycles. The number of halogens is 3. The van der Waals surface area contributed by atoms with Crippen LogP contribution in [0.3, 0.4) is 0 Å². The Morgan fingerprint density at radius 3 is 2.62 bits per heavy atom. The zero-order valence-corrected chi connectivity index (χ0v) is 25.5. The molecule has 0 spiro atoms. The van der Waals surface area contributed by atoms with Gasteiger partial charge in [0.2, 0.25) is 0 Å². The van der Waals surface area contributed by atoms with Gasteiger partial charge in [0.05, 0.1) is 25.9 Å². The van der Waals surface area contributed by atoms with Crippen LogP contribution in [0.15, 0.2) is 24.3 Å². The van der Waals surface area contributed by atoms with Crippen molar-refractivity contribution in [2.24, 2.45) is 17.8 Å². The van der Waals surface area contributed by atoms with Crippen LogP contribution in [0, 0.1) is 17.8 Å². The molecule has 2 aliphatic rings. The summed E-state index contributed by atoms with van der Waals surface area (Å²) < 4.78 is 20.0. The first kappa shape index (κ1) is 34.4. The van der Waals surface area contributed by atoms with Gasteiger partial charge in [0.25, 0.3) is 3.79 Å². The lowest BCUT2D eigenvalue weighted by molar-refractivity contribution is -0.179. The summed E-state index contributed by atoms with van der Waals surface area (Å²) in [5, 5.41) is 11.0. The average molecular weight is 612 g/mol. The van der Waals surface area contributed by atoms with Crippen LogP contribution in [0.25, 0.3) is 0 Å². The molecule has 0 aromatic heterocycles. The molecule has 0 bridgehead atoms. The standard InChI is InChI=1S/C29H45Cl3O7/c1-3-4-7-12-22(39-27-15-10-11-18-37-27)16-17-23-21(20-38-28(35)29(30,31)32)19-25(33)24(23)13-8-5-6-9-14-26(34)36-2/h5,8,16-17,21-25,27,33H,3-4,6-7,9-15,18-20H2,1-2H3/b8-5-,17-16+/t21-,22?,23-,24+,25?,27?/m0/s1. The number of hydrogen-bond acceptors (Lipinski definition) is 7. The van der Waals surface area contributed by atoms with E-state index < -0.39 is 15.9 Å². The maximum atomic E-state index is 12.1. The van der Waals surface area contributed by atoms with Crippen LogP contribution in [-0.4, -0.2) is 59.7 Å². The third-order valence-electron chi connectivity index (χ3n) is 7.40. The van der Waals surface area contributed by atoms with E-state index in [1.165, 1.54) is 7.11 Å². The lowest BCUT2D eigenvalue weighted by Gasteiger charge is -2.27. The Balaban J connectivity index is 2.11. The summed E-state index contributed by atoms with van der Waals surface area (Å²) in [7, 11) is 1.38. The maximum absolute atomic E-state index is 12.1. The fourth-order valence-electron chi connectivity index (χ4n) is 5.21. The number of allylic oxidation sites excluding steroid dienone is 3. The SMILES string of the molecule is CCCCCC(/C=C/[C@H]1[C@H](COC(=O)C(Cl)(Cl)Cl)CC(O)[C@@H]1C/C=C\CCCC(=O)OC)OC1CCCCO1. The molecule has 0 amide bonds. The van der Waals surface area contributed by atoms with Crippen LogP contribution in [0.1, 0.15) is 84.0 Å². The number of esters is 2. The van der Waals surface area contributed by atoms with E-state index in [1.807, 2.05) is 12.2 Å². The van der Waals surface area contributed by atoms with Crippen molar-refractivity contribution in [1.82, 2.24) is 0 Å². The highest BCUT2D eigenvalue weighted by atomic mass is 35.6. The second-order valence-electron chi connectivity index (χ2n) is 10.4. The number of unbranched alkanes of at least 4 members (excludes halogenated alkanes) is 3. The minimum atomic E-state index is -2.15. The molecule has 2 fully saturated rings. The Morgan fingerprint density at radius 1 is 1.15 bits per heavy atom. The third kappa shape index (κ3) is 13.1. The van der Waals surface area contributed by atoms with E-state index >= 15 is 0 Å². The van der Waals surface area contributed by atoms with E-state index in [-0.39, 0.29) is 42.7 Å². The first-order chi connectivity index (χ1) is 18.7. The monoisotopic (exact) mass is 610 g/mol. The molecule has 3 unspecified atom stereocenters. The fraction of sp³-hybridized carbons (Fsp3) is 0.793. The molecule has 0 aromatic carbocycles. The Morgan fingerprint density at radius 2 is 1.95 bits per heavy atom. The number of methoxy groups -OCH3 is 1.